The molecule has 84 valence electrons. The number of methoxy groups -OCH3 is 1. The van der Waals surface area contributed by atoms with Crippen LogP contribution in [0.4, 0.5) is 5.88 Å². The number of hydrogen-bond donors (Lipinski definition) is 2. The molecule has 0 aliphatic carbocycles. The lowest BCUT2D eigenvalue weighted by Gasteiger charge is -2.07. The van der Waals surface area contributed by atoms with Crippen molar-refractivity contribution in [3.63, 3.8) is 0 Å². The summed E-state index contributed by atoms with van der Waals surface area (Å²) in [5.41, 5.74) is 7.54. The Morgan fingerprint density at radius 1 is 1.38 bits per heavy atom. The Balaban J connectivity index is 2.54. The largest absolute Gasteiger partial charge is 0.504 e. The molecule has 0 aliphatic heterocycles. The Hall–Kier alpha value is -2.17. The number of phenolic OH excluding ortho intramolecular Hbond substituents is 1. The lowest BCUT2D eigenvalue weighted by molar-refractivity contribution is 0.372. The number of hydrogen-bond acceptors (Lipinski definition) is 5. The van der Waals surface area contributed by atoms with Gasteiger partial charge in [0.1, 0.15) is 5.69 Å². The van der Waals surface area contributed by atoms with Gasteiger partial charge in [0.2, 0.25) is 5.88 Å². The summed E-state index contributed by atoms with van der Waals surface area (Å²) >= 11 is 0. The molecule has 1 aromatic carbocycles. The molecule has 0 atom stereocenters. The molecule has 2 rings (SSSR count). The second kappa shape index (κ2) is 3.77. The first-order valence-electron chi connectivity index (χ1n) is 4.72. The Morgan fingerprint density at radius 2 is 2.12 bits per heavy atom. The number of benzene rings is 1. The van der Waals surface area contributed by atoms with Crippen molar-refractivity contribution in [1.82, 2.24) is 5.16 Å². The molecular weight excluding hydrogens is 208 g/mol. The van der Waals surface area contributed by atoms with E-state index in [1.807, 2.05) is 0 Å². The van der Waals surface area contributed by atoms with Gasteiger partial charge < -0.3 is 20.1 Å². The van der Waals surface area contributed by atoms with Crippen LogP contribution in [0, 0.1) is 6.92 Å². The van der Waals surface area contributed by atoms with Gasteiger partial charge in [-0.2, -0.15) is 0 Å². The van der Waals surface area contributed by atoms with Crippen molar-refractivity contribution in [2.75, 3.05) is 12.8 Å². The maximum atomic E-state index is 9.68. The zero-order valence-corrected chi connectivity index (χ0v) is 9.02. The van der Waals surface area contributed by atoms with Crippen LogP contribution in [0.3, 0.4) is 0 Å². The standard InChI is InChI=1S/C11H12N2O3/c1-6-3-7(4-9(15-2)11(6)14)8-5-10(12)16-13-8/h3-5,14H,12H2,1-2H3. The number of nitrogens with two attached hydrogens (primary N) is 1. The van der Waals surface area contributed by atoms with Crippen LogP contribution < -0.4 is 10.5 Å². The fraction of sp³-hybridized carbons (Fsp3) is 0.182. The molecule has 1 heterocycles. The number of aromatic nitrogens is 1. The van der Waals surface area contributed by atoms with Crippen molar-refractivity contribution < 1.29 is 14.4 Å². The summed E-state index contributed by atoms with van der Waals surface area (Å²) in [6.45, 7) is 1.78. The van der Waals surface area contributed by atoms with Crippen LogP contribution in [0.15, 0.2) is 22.7 Å². The quantitative estimate of drug-likeness (QED) is 0.808. The average molecular weight is 220 g/mol. The monoisotopic (exact) mass is 220 g/mol. The van der Waals surface area contributed by atoms with Crippen molar-refractivity contribution in [3.05, 3.63) is 23.8 Å². The fourth-order valence-corrected chi connectivity index (χ4v) is 1.48. The summed E-state index contributed by atoms with van der Waals surface area (Å²) in [7, 11) is 1.50. The zero-order valence-electron chi connectivity index (χ0n) is 9.02. The Bertz CT molecular complexity index is 520. The summed E-state index contributed by atoms with van der Waals surface area (Å²) < 4.78 is 9.84. The maximum Gasteiger partial charge on any atom is 0.222 e. The number of aromatic hydroxyl groups is 1. The van der Waals surface area contributed by atoms with E-state index in [0.29, 0.717) is 17.0 Å². The Morgan fingerprint density at radius 3 is 2.69 bits per heavy atom. The molecule has 0 radical (unpaired) electrons. The molecule has 0 fully saturated rings. The second-order valence-electron chi connectivity index (χ2n) is 3.46. The van der Waals surface area contributed by atoms with Crippen LogP contribution in [0.5, 0.6) is 11.5 Å². The predicted octanol–water partition coefficient (Wildman–Crippen LogP) is 1.95. The molecule has 5 heteroatoms. The molecule has 16 heavy (non-hydrogen) atoms. The third-order valence-corrected chi connectivity index (χ3v) is 2.31. The first-order valence-corrected chi connectivity index (χ1v) is 4.72. The van der Waals surface area contributed by atoms with Gasteiger partial charge in [0.25, 0.3) is 0 Å². The SMILES string of the molecule is COc1cc(-c2cc(N)on2)cc(C)c1O. The van der Waals surface area contributed by atoms with Gasteiger partial charge in [-0.15, -0.1) is 0 Å². The second-order valence-corrected chi connectivity index (χ2v) is 3.46. The van der Waals surface area contributed by atoms with E-state index in [4.69, 9.17) is 15.0 Å². The minimum atomic E-state index is 0.128. The normalized spacial score (nSPS) is 10.4. The van der Waals surface area contributed by atoms with Gasteiger partial charge >= 0.3 is 0 Å². The lowest BCUT2D eigenvalue weighted by Crippen LogP contribution is -1.88. The first-order chi connectivity index (χ1) is 7.61. The van der Waals surface area contributed by atoms with Gasteiger partial charge in [0.05, 0.1) is 7.11 Å². The molecule has 0 bridgehead atoms. The van der Waals surface area contributed by atoms with Gasteiger partial charge in [-0.1, -0.05) is 5.16 Å². The summed E-state index contributed by atoms with van der Waals surface area (Å²) in [6.07, 6.45) is 0. The highest BCUT2D eigenvalue weighted by molar-refractivity contribution is 5.67. The van der Waals surface area contributed by atoms with Crippen molar-refractivity contribution in [1.29, 1.82) is 0 Å². The third-order valence-electron chi connectivity index (χ3n) is 2.31. The maximum absolute atomic E-state index is 9.68. The van der Waals surface area contributed by atoms with Gasteiger partial charge in [0, 0.05) is 11.6 Å². The summed E-state index contributed by atoms with van der Waals surface area (Å²) in [4.78, 5) is 0. The molecule has 5 nitrogen and oxygen atoms in total. The molecule has 0 saturated carbocycles. The van der Waals surface area contributed by atoms with E-state index in [1.54, 1.807) is 25.1 Å². The number of phenols is 1. The van der Waals surface area contributed by atoms with Gasteiger partial charge in [-0.3, -0.25) is 0 Å². The van der Waals surface area contributed by atoms with Crippen molar-refractivity contribution in [2.45, 2.75) is 6.92 Å². The zero-order chi connectivity index (χ0) is 11.7. The van der Waals surface area contributed by atoms with Crippen LogP contribution in [0.2, 0.25) is 0 Å². The third kappa shape index (κ3) is 1.67. The van der Waals surface area contributed by atoms with E-state index in [9.17, 15) is 5.11 Å². The molecule has 0 amide bonds. The molecule has 0 spiro atoms. The summed E-state index contributed by atoms with van der Waals surface area (Å²) in [6, 6.07) is 5.08. The van der Waals surface area contributed by atoms with E-state index >= 15 is 0 Å². The van der Waals surface area contributed by atoms with Crippen LogP contribution in [-0.4, -0.2) is 17.4 Å². The number of anilines is 1. The van der Waals surface area contributed by atoms with Gasteiger partial charge in [-0.25, -0.2) is 0 Å². The molecule has 3 N–H and O–H groups in total. The van der Waals surface area contributed by atoms with E-state index in [-0.39, 0.29) is 11.6 Å². The molecule has 0 saturated heterocycles. The topological polar surface area (TPSA) is 81.5 Å². The highest BCUT2D eigenvalue weighted by atomic mass is 16.5. The summed E-state index contributed by atoms with van der Waals surface area (Å²) in [5.74, 6) is 0.777. The first kappa shape index (κ1) is 10.4. The van der Waals surface area contributed by atoms with Crippen molar-refractivity contribution in [2.24, 2.45) is 0 Å². The minimum Gasteiger partial charge on any atom is -0.504 e. The number of aryl methyl sites for hydroxylation is 1. The predicted molar refractivity (Wildman–Crippen MR) is 59.3 cm³/mol. The van der Waals surface area contributed by atoms with E-state index < -0.39 is 0 Å². The summed E-state index contributed by atoms with van der Waals surface area (Å²) in [5, 5.41) is 13.5. The number of rotatable bonds is 2. The van der Waals surface area contributed by atoms with E-state index in [0.717, 1.165) is 5.56 Å². The van der Waals surface area contributed by atoms with Crippen molar-refractivity contribution >= 4 is 5.88 Å². The minimum absolute atomic E-state index is 0.128. The highest BCUT2D eigenvalue weighted by Gasteiger charge is 2.11. The Kier molecular flexibility index (Phi) is 2.44. The molecule has 2 aromatic rings. The molecule has 0 unspecified atom stereocenters. The lowest BCUT2D eigenvalue weighted by atomic mass is 10.1. The molecular formula is C11H12N2O3. The van der Waals surface area contributed by atoms with Crippen LogP contribution >= 0.6 is 0 Å². The molecule has 0 aliphatic rings. The Labute approximate surface area is 92.4 Å². The molecule has 1 aromatic heterocycles. The highest BCUT2D eigenvalue weighted by Crippen LogP contribution is 2.34. The number of ether oxygens (including phenoxy) is 1. The van der Waals surface area contributed by atoms with Gasteiger partial charge in [-0.05, 0) is 24.6 Å². The van der Waals surface area contributed by atoms with E-state index in [2.05, 4.69) is 5.16 Å². The van der Waals surface area contributed by atoms with Crippen molar-refractivity contribution in [3.8, 4) is 22.8 Å². The smallest absolute Gasteiger partial charge is 0.222 e. The van der Waals surface area contributed by atoms with E-state index in [1.165, 1.54) is 7.11 Å². The van der Waals surface area contributed by atoms with Crippen LogP contribution in [-0.2, 0) is 0 Å². The number of nitrogen functional groups attached to an aromatic ring is 1. The van der Waals surface area contributed by atoms with Gasteiger partial charge in [0.15, 0.2) is 11.5 Å². The fourth-order valence-electron chi connectivity index (χ4n) is 1.48. The number of nitrogens with zero attached hydrogens (tertiary/aromatic N) is 1. The van der Waals surface area contributed by atoms with Crippen LogP contribution in [0.1, 0.15) is 5.56 Å². The average Bonchev–Trinajstić information content (AvgIpc) is 2.69. The van der Waals surface area contributed by atoms with Crippen LogP contribution in [0.25, 0.3) is 11.3 Å².